The second-order valence-electron chi connectivity index (χ2n) is 1.91. The van der Waals surface area contributed by atoms with E-state index in [0.717, 1.165) is 27.9 Å². The summed E-state index contributed by atoms with van der Waals surface area (Å²) in [7, 11) is 0. The summed E-state index contributed by atoms with van der Waals surface area (Å²) in [5, 5.41) is 0. The van der Waals surface area contributed by atoms with Crippen molar-refractivity contribution in [3.8, 4) is 0 Å². The molecule has 0 atom stereocenters. The van der Waals surface area contributed by atoms with E-state index in [1.165, 1.54) is 0 Å². The summed E-state index contributed by atoms with van der Waals surface area (Å²) in [5.74, 6) is 0. The Morgan fingerprint density at radius 3 is 2.12 bits per heavy atom. The van der Waals surface area contributed by atoms with E-state index >= 15 is 0 Å². The molecular formula is C5H5GeNaO. The van der Waals surface area contributed by atoms with Gasteiger partial charge in [-0.2, -0.15) is 0 Å². The summed E-state index contributed by atoms with van der Waals surface area (Å²) >= 11 is -0.766. The molecule has 8 heavy (non-hydrogen) atoms. The molecule has 0 aromatic rings. The molecule has 0 aromatic heterocycles. The van der Waals surface area contributed by atoms with Gasteiger partial charge in [-0.25, -0.2) is 0 Å². The quantitative estimate of drug-likeness (QED) is 0.525. The minimum atomic E-state index is -1.52. The Labute approximate surface area is 70.4 Å². The molecule has 1 aliphatic heterocycles. The monoisotopic (exact) mass is 178 g/mol. The summed E-state index contributed by atoms with van der Waals surface area (Å²) in [6, 6.07) is 0. The second-order valence-corrected chi connectivity index (χ2v) is 10.8. The van der Waals surface area contributed by atoms with Gasteiger partial charge in [0.05, 0.1) is 0 Å². The molecule has 1 rings (SSSR count). The van der Waals surface area contributed by atoms with Crippen LogP contribution in [0.3, 0.4) is 0 Å². The van der Waals surface area contributed by atoms with Gasteiger partial charge >= 0.3 is 70.9 Å². The third kappa shape index (κ3) is 1.59. The summed E-state index contributed by atoms with van der Waals surface area (Å²) in [5.41, 5.74) is 0. The van der Waals surface area contributed by atoms with Crippen LogP contribution in [-0.4, -0.2) is 44.1 Å². The van der Waals surface area contributed by atoms with Crippen LogP contribution in [0.15, 0.2) is 22.0 Å². The van der Waals surface area contributed by atoms with Gasteiger partial charge in [-0.1, -0.05) is 0 Å². The van der Waals surface area contributed by atoms with Crippen LogP contribution in [0.5, 0.6) is 0 Å². The zero-order valence-electron chi connectivity index (χ0n) is 4.79. The van der Waals surface area contributed by atoms with Crippen LogP contribution in [0.2, 0.25) is 0 Å². The van der Waals surface area contributed by atoms with E-state index in [1.54, 1.807) is 0 Å². The molecule has 0 fully saturated rings. The SMILES string of the molecule is O=[C]([Na])[GeH]1[CH]=CC=[CH]1. The van der Waals surface area contributed by atoms with Crippen LogP contribution in [0, 0.1) is 0 Å². The molecule has 0 unspecified atom stereocenters. The van der Waals surface area contributed by atoms with Crippen molar-refractivity contribution in [2.75, 3.05) is 0 Å². The number of hydrogen-bond acceptors (Lipinski definition) is 1. The van der Waals surface area contributed by atoms with Crippen molar-refractivity contribution in [3.05, 3.63) is 22.0 Å². The molecule has 3 heteroatoms. The van der Waals surface area contributed by atoms with Crippen LogP contribution < -0.4 is 0 Å². The van der Waals surface area contributed by atoms with Crippen LogP contribution in [-0.2, 0) is 0 Å². The van der Waals surface area contributed by atoms with Gasteiger partial charge in [0.15, 0.2) is 0 Å². The van der Waals surface area contributed by atoms with E-state index in [9.17, 15) is 4.79 Å². The molecule has 0 aromatic carbocycles. The molecule has 1 heterocycles. The molecule has 0 aliphatic carbocycles. The Bertz CT molecular complexity index is 150. The fourth-order valence-electron chi connectivity index (χ4n) is 0.703. The third-order valence-electron chi connectivity index (χ3n) is 1.22. The molecule has 0 saturated heterocycles. The molecule has 0 spiro atoms. The van der Waals surface area contributed by atoms with Crippen molar-refractivity contribution in [2.45, 2.75) is 0 Å². The number of rotatable bonds is 1. The Kier molecular flexibility index (Phi) is 2.56. The van der Waals surface area contributed by atoms with E-state index in [4.69, 9.17) is 0 Å². The third-order valence-corrected chi connectivity index (χ3v) is 9.32. The standard InChI is InChI=1S/C5H5GeO.Na/c7-5-6-3-1-2-4-6;/h1-4,6H;. The molecule has 1 aliphatic rings. The van der Waals surface area contributed by atoms with Crippen molar-refractivity contribution in [2.24, 2.45) is 0 Å². The van der Waals surface area contributed by atoms with E-state index < -0.39 is 14.3 Å². The van der Waals surface area contributed by atoms with Crippen LogP contribution >= 0.6 is 0 Å². The first-order chi connectivity index (χ1) is 3.80. The summed E-state index contributed by atoms with van der Waals surface area (Å²) in [6.07, 6.45) is 4.00. The number of allylic oxidation sites excluding steroid dienone is 2. The number of carbonyl (C=O) groups is 1. The van der Waals surface area contributed by atoms with Crippen molar-refractivity contribution in [1.82, 2.24) is 0 Å². The first-order valence-electron chi connectivity index (χ1n) is 2.66. The van der Waals surface area contributed by atoms with Crippen LogP contribution in [0.1, 0.15) is 0 Å². The fourth-order valence-corrected chi connectivity index (χ4v) is 5.65. The van der Waals surface area contributed by atoms with Crippen molar-refractivity contribution >= 4 is 44.1 Å². The second kappa shape index (κ2) is 3.01. The molecule has 1 nitrogen and oxygen atoms in total. The zero-order valence-corrected chi connectivity index (χ0v) is 9.22. The van der Waals surface area contributed by atoms with Gasteiger partial charge in [0.25, 0.3) is 0 Å². The fraction of sp³-hybridized carbons (Fsp3) is 0. The van der Waals surface area contributed by atoms with Crippen molar-refractivity contribution < 1.29 is 4.79 Å². The Hall–Kier alpha value is 0.693. The predicted molar refractivity (Wildman–Crippen MR) is 36.6 cm³/mol. The Morgan fingerprint density at radius 1 is 1.38 bits per heavy atom. The van der Waals surface area contributed by atoms with E-state index in [1.807, 2.05) is 12.2 Å². The van der Waals surface area contributed by atoms with Crippen LogP contribution in [0.4, 0.5) is 4.79 Å². The minimum absolute atomic E-state index is 0.544. The number of carbonyl (C=O) groups excluding carboxylic acids is 1. The average molecular weight is 177 g/mol. The predicted octanol–water partition coefficient (Wildman–Crippen LogP) is 0.288. The molecular weight excluding hydrogens is 172 g/mol. The summed E-state index contributed by atoms with van der Waals surface area (Å²) < 4.78 is 0.544. The van der Waals surface area contributed by atoms with E-state index in [0.29, 0.717) is 1.87 Å². The summed E-state index contributed by atoms with van der Waals surface area (Å²) in [4.78, 5) is 14.9. The van der Waals surface area contributed by atoms with Crippen LogP contribution in [0.25, 0.3) is 0 Å². The zero-order chi connectivity index (χ0) is 5.98. The van der Waals surface area contributed by atoms with Crippen molar-refractivity contribution in [1.29, 1.82) is 0 Å². The first-order valence-corrected chi connectivity index (χ1v) is 7.67. The molecule has 0 bridgehead atoms. The Morgan fingerprint density at radius 2 is 1.88 bits per heavy atom. The van der Waals surface area contributed by atoms with Gasteiger partial charge in [0.2, 0.25) is 0 Å². The van der Waals surface area contributed by atoms with Gasteiger partial charge in [-0.15, -0.1) is 0 Å². The van der Waals surface area contributed by atoms with Gasteiger partial charge in [-0.3, -0.25) is 0 Å². The first kappa shape index (κ1) is 6.81. The molecule has 0 amide bonds. The molecule has 0 radical (unpaired) electrons. The maximum atomic E-state index is 10.7. The van der Waals surface area contributed by atoms with Gasteiger partial charge in [0, 0.05) is 0 Å². The van der Waals surface area contributed by atoms with E-state index in [2.05, 4.69) is 9.82 Å². The van der Waals surface area contributed by atoms with Gasteiger partial charge < -0.3 is 0 Å². The van der Waals surface area contributed by atoms with Gasteiger partial charge in [0.1, 0.15) is 0 Å². The molecule has 36 valence electrons. The number of hydrogen-bond donors (Lipinski definition) is 0. The summed E-state index contributed by atoms with van der Waals surface area (Å²) in [6.45, 7) is 0. The van der Waals surface area contributed by atoms with Gasteiger partial charge in [-0.05, 0) is 0 Å². The van der Waals surface area contributed by atoms with E-state index in [-0.39, 0.29) is 0 Å². The Balaban J connectivity index is 2.62. The average Bonchev–Trinajstić information content (AvgIpc) is 2.12. The topological polar surface area (TPSA) is 17.1 Å². The maximum absolute atomic E-state index is 10.7. The molecule has 0 saturated carbocycles. The normalized spacial score (nSPS) is 17.8. The van der Waals surface area contributed by atoms with Crippen molar-refractivity contribution in [3.63, 3.8) is 0 Å². The molecule has 0 N–H and O–H groups in total.